The molecule has 4 nitrogen and oxygen atoms in total. The molecule has 0 bridgehead atoms. The molecule has 20 heavy (non-hydrogen) atoms. The largest absolute Gasteiger partial charge is 0.444 e. The smallest absolute Gasteiger partial charge is 0.407 e. The van der Waals surface area contributed by atoms with E-state index in [1.54, 1.807) is 0 Å². The molecule has 112 valence electrons. The Morgan fingerprint density at radius 1 is 1.20 bits per heavy atom. The molecule has 1 atom stereocenters. The Bertz CT molecular complexity index is 435. The average molecular weight is 279 g/mol. The quantitative estimate of drug-likeness (QED) is 0.891. The van der Waals surface area contributed by atoms with Gasteiger partial charge in [0, 0.05) is 5.41 Å². The van der Waals surface area contributed by atoms with Crippen LogP contribution in [0.5, 0.6) is 0 Å². The number of carbonyl (C=O) groups is 1. The molecule has 2 N–H and O–H groups in total. The highest BCUT2D eigenvalue weighted by atomic mass is 16.6. The molecule has 1 amide bonds. The summed E-state index contributed by atoms with van der Waals surface area (Å²) in [6, 6.07) is 9.38. The minimum atomic E-state index is -0.555. The van der Waals surface area contributed by atoms with Gasteiger partial charge in [-0.15, -0.1) is 0 Å². The van der Waals surface area contributed by atoms with Gasteiger partial charge in [-0.1, -0.05) is 44.2 Å². The van der Waals surface area contributed by atoms with E-state index in [0.717, 1.165) is 5.56 Å². The third-order valence-corrected chi connectivity index (χ3v) is 3.26. The molecule has 0 saturated heterocycles. The van der Waals surface area contributed by atoms with Gasteiger partial charge < -0.3 is 15.2 Å². The molecule has 1 rings (SSSR count). The Morgan fingerprint density at radius 3 is 2.20 bits per heavy atom. The third-order valence-electron chi connectivity index (χ3n) is 3.26. The van der Waals surface area contributed by atoms with E-state index in [-0.39, 0.29) is 6.61 Å². The lowest BCUT2D eigenvalue weighted by molar-refractivity contribution is 0.0448. The molecule has 0 aliphatic carbocycles. The minimum absolute atomic E-state index is 0.152. The van der Waals surface area contributed by atoms with Crippen LogP contribution in [0.15, 0.2) is 30.3 Å². The number of ether oxygens (including phenoxy) is 1. The first-order valence-corrected chi connectivity index (χ1v) is 6.82. The first-order chi connectivity index (χ1) is 9.16. The summed E-state index contributed by atoms with van der Waals surface area (Å²) in [5.74, 6) is 0. The van der Waals surface area contributed by atoms with Gasteiger partial charge in [-0.05, 0) is 26.3 Å². The Morgan fingerprint density at radius 2 is 1.75 bits per heavy atom. The van der Waals surface area contributed by atoms with Crippen LogP contribution in [0.1, 0.15) is 40.2 Å². The molecule has 4 heteroatoms. The fraction of sp³-hybridized carbons (Fsp3) is 0.562. The van der Waals surface area contributed by atoms with E-state index in [0.29, 0.717) is 0 Å². The third kappa shape index (κ3) is 4.53. The second-order valence-electron chi connectivity index (χ2n) is 6.47. The molecular weight excluding hydrogens is 254 g/mol. The van der Waals surface area contributed by atoms with E-state index >= 15 is 0 Å². The summed E-state index contributed by atoms with van der Waals surface area (Å²) in [4.78, 5) is 11.9. The zero-order valence-corrected chi connectivity index (χ0v) is 12.9. The maximum absolute atomic E-state index is 11.9. The fourth-order valence-electron chi connectivity index (χ4n) is 1.97. The van der Waals surface area contributed by atoms with Gasteiger partial charge >= 0.3 is 6.09 Å². The molecule has 0 aliphatic heterocycles. The van der Waals surface area contributed by atoms with Gasteiger partial charge in [-0.3, -0.25) is 0 Å². The number of amides is 1. The highest BCUT2D eigenvalue weighted by Gasteiger charge is 2.33. The summed E-state index contributed by atoms with van der Waals surface area (Å²) in [6.45, 7) is 9.25. The fourth-order valence-corrected chi connectivity index (χ4v) is 1.97. The van der Waals surface area contributed by atoms with Crippen LogP contribution in [0.4, 0.5) is 4.79 Å². The molecule has 0 spiro atoms. The Kier molecular flexibility index (Phi) is 5.17. The highest BCUT2D eigenvalue weighted by molar-refractivity contribution is 5.68. The van der Waals surface area contributed by atoms with Gasteiger partial charge in [-0.25, -0.2) is 4.79 Å². The van der Waals surface area contributed by atoms with Gasteiger partial charge in [0.15, 0.2) is 0 Å². The molecule has 1 aromatic rings. The Labute approximate surface area is 121 Å². The summed E-state index contributed by atoms with van der Waals surface area (Å²) < 4.78 is 5.24. The summed E-state index contributed by atoms with van der Waals surface area (Å²) >= 11 is 0. The van der Waals surface area contributed by atoms with Gasteiger partial charge in [0.1, 0.15) is 5.60 Å². The van der Waals surface area contributed by atoms with Gasteiger partial charge in [-0.2, -0.15) is 0 Å². The summed E-state index contributed by atoms with van der Waals surface area (Å²) in [6.07, 6.45) is -0.513. The van der Waals surface area contributed by atoms with Crippen molar-refractivity contribution in [2.45, 2.75) is 51.7 Å². The standard InChI is InChI=1S/C16H25NO3/c1-15(2,3)20-14(19)17-13(11-18)16(4,5)12-9-7-6-8-10-12/h6-10,13,18H,11H2,1-5H3,(H,17,19)/t13-/m1/s1. The van der Waals surface area contributed by atoms with Crippen LogP contribution in [-0.4, -0.2) is 29.4 Å². The van der Waals surface area contributed by atoms with Crippen LogP contribution in [0, 0.1) is 0 Å². The molecule has 0 unspecified atom stereocenters. The number of rotatable bonds is 4. The zero-order valence-electron chi connectivity index (χ0n) is 12.9. The highest BCUT2D eigenvalue weighted by Crippen LogP contribution is 2.27. The predicted molar refractivity (Wildman–Crippen MR) is 79.7 cm³/mol. The van der Waals surface area contributed by atoms with E-state index in [1.165, 1.54) is 0 Å². The van der Waals surface area contributed by atoms with Crippen molar-refractivity contribution in [3.63, 3.8) is 0 Å². The van der Waals surface area contributed by atoms with Crippen LogP contribution in [-0.2, 0) is 10.2 Å². The minimum Gasteiger partial charge on any atom is -0.444 e. The zero-order chi connectivity index (χ0) is 15.4. The van der Waals surface area contributed by atoms with Crippen molar-refractivity contribution in [3.8, 4) is 0 Å². The first-order valence-electron chi connectivity index (χ1n) is 6.82. The van der Waals surface area contributed by atoms with Crippen molar-refractivity contribution in [1.82, 2.24) is 5.32 Å². The molecule has 0 fully saturated rings. The lowest BCUT2D eigenvalue weighted by Gasteiger charge is -2.34. The molecular formula is C16H25NO3. The van der Waals surface area contributed by atoms with Gasteiger partial charge in [0.25, 0.3) is 0 Å². The van der Waals surface area contributed by atoms with Crippen molar-refractivity contribution in [2.75, 3.05) is 6.61 Å². The number of nitrogens with one attached hydrogen (secondary N) is 1. The monoisotopic (exact) mass is 279 g/mol. The molecule has 0 radical (unpaired) electrons. The molecule has 0 aliphatic rings. The SMILES string of the molecule is CC(C)(C)OC(=O)N[C@H](CO)C(C)(C)c1ccccc1. The van der Waals surface area contributed by atoms with Crippen molar-refractivity contribution >= 4 is 6.09 Å². The number of carbonyl (C=O) groups excluding carboxylic acids is 1. The van der Waals surface area contributed by atoms with E-state index in [2.05, 4.69) is 5.32 Å². The van der Waals surface area contributed by atoms with Crippen LogP contribution in [0.2, 0.25) is 0 Å². The molecule has 0 aromatic heterocycles. The lowest BCUT2D eigenvalue weighted by atomic mass is 9.78. The molecule has 0 saturated carbocycles. The van der Waals surface area contributed by atoms with E-state index in [1.807, 2.05) is 65.0 Å². The maximum atomic E-state index is 11.9. The van der Waals surface area contributed by atoms with Crippen LogP contribution >= 0.6 is 0 Å². The topological polar surface area (TPSA) is 58.6 Å². The van der Waals surface area contributed by atoms with Crippen molar-refractivity contribution in [3.05, 3.63) is 35.9 Å². The van der Waals surface area contributed by atoms with Gasteiger partial charge in [0.05, 0.1) is 12.6 Å². The molecule has 0 heterocycles. The predicted octanol–water partition coefficient (Wildman–Crippen LogP) is 2.85. The van der Waals surface area contributed by atoms with Crippen LogP contribution in [0.3, 0.4) is 0 Å². The molecule has 1 aromatic carbocycles. The van der Waals surface area contributed by atoms with Crippen LogP contribution < -0.4 is 5.32 Å². The lowest BCUT2D eigenvalue weighted by Crippen LogP contribution is -2.51. The Balaban J connectivity index is 2.83. The number of benzene rings is 1. The Hall–Kier alpha value is -1.55. The first kappa shape index (κ1) is 16.5. The second-order valence-corrected chi connectivity index (χ2v) is 6.47. The average Bonchev–Trinajstić information content (AvgIpc) is 2.34. The summed E-state index contributed by atoms with van der Waals surface area (Å²) in [5, 5.41) is 12.4. The van der Waals surface area contributed by atoms with Crippen molar-refractivity contribution < 1.29 is 14.6 Å². The number of aliphatic hydroxyl groups excluding tert-OH is 1. The summed E-state index contributed by atoms with van der Waals surface area (Å²) in [7, 11) is 0. The van der Waals surface area contributed by atoms with E-state index in [9.17, 15) is 9.90 Å². The van der Waals surface area contributed by atoms with E-state index in [4.69, 9.17) is 4.74 Å². The van der Waals surface area contributed by atoms with Crippen LogP contribution in [0.25, 0.3) is 0 Å². The maximum Gasteiger partial charge on any atom is 0.407 e. The number of aliphatic hydroxyl groups is 1. The normalized spacial score (nSPS) is 13.7. The van der Waals surface area contributed by atoms with Crippen molar-refractivity contribution in [2.24, 2.45) is 0 Å². The van der Waals surface area contributed by atoms with E-state index < -0.39 is 23.2 Å². The number of hydrogen-bond acceptors (Lipinski definition) is 3. The number of hydrogen-bond donors (Lipinski definition) is 2. The summed E-state index contributed by atoms with van der Waals surface area (Å²) in [5.41, 5.74) is 0.101. The van der Waals surface area contributed by atoms with Crippen molar-refractivity contribution in [1.29, 1.82) is 0 Å². The second kappa shape index (κ2) is 6.27. The van der Waals surface area contributed by atoms with Gasteiger partial charge in [0.2, 0.25) is 0 Å². The number of alkyl carbamates (subject to hydrolysis) is 1.